The molecular formula is C17H27BrN2O3. The molecule has 130 valence electrons. The maximum atomic E-state index is 12.8. The molecule has 1 saturated carbocycles. The molecule has 0 spiro atoms. The van der Waals surface area contributed by atoms with E-state index in [0.717, 1.165) is 4.47 Å². The van der Waals surface area contributed by atoms with Crippen LogP contribution in [0.5, 0.6) is 0 Å². The smallest absolute Gasteiger partial charge is 0.268 e. The SMILES string of the molecule is CCOC1CC(CO)(NC(=O)c2cc(Br)cn2C(C)C)C1(C)C. The second-order valence-electron chi connectivity index (χ2n) is 7.11. The van der Waals surface area contributed by atoms with E-state index in [0.29, 0.717) is 18.7 Å². The first-order valence-corrected chi connectivity index (χ1v) is 8.90. The minimum Gasteiger partial charge on any atom is -0.394 e. The highest BCUT2D eigenvalue weighted by Gasteiger charge is 2.61. The summed E-state index contributed by atoms with van der Waals surface area (Å²) in [6.07, 6.45) is 2.57. The maximum Gasteiger partial charge on any atom is 0.268 e. The van der Waals surface area contributed by atoms with Gasteiger partial charge in [-0.3, -0.25) is 4.79 Å². The lowest BCUT2D eigenvalue weighted by molar-refractivity contribution is -0.172. The van der Waals surface area contributed by atoms with E-state index in [1.54, 1.807) is 0 Å². The summed E-state index contributed by atoms with van der Waals surface area (Å²) < 4.78 is 8.53. The summed E-state index contributed by atoms with van der Waals surface area (Å²) in [5, 5.41) is 13.0. The summed E-state index contributed by atoms with van der Waals surface area (Å²) in [5.41, 5.74) is -0.377. The molecule has 1 amide bonds. The van der Waals surface area contributed by atoms with Crippen LogP contribution < -0.4 is 5.32 Å². The summed E-state index contributed by atoms with van der Waals surface area (Å²) in [6.45, 7) is 10.6. The molecule has 1 fully saturated rings. The van der Waals surface area contributed by atoms with Gasteiger partial charge in [-0.15, -0.1) is 0 Å². The predicted molar refractivity (Wildman–Crippen MR) is 93.6 cm³/mol. The fourth-order valence-corrected chi connectivity index (χ4v) is 3.77. The Kier molecular flexibility index (Phi) is 5.28. The average Bonchev–Trinajstić information content (AvgIpc) is 2.88. The summed E-state index contributed by atoms with van der Waals surface area (Å²) in [5.74, 6) is -0.165. The molecule has 0 aliphatic heterocycles. The molecule has 2 rings (SSSR count). The Labute approximate surface area is 146 Å². The van der Waals surface area contributed by atoms with Gasteiger partial charge in [-0.05, 0) is 42.8 Å². The van der Waals surface area contributed by atoms with Crippen LogP contribution in [0.15, 0.2) is 16.7 Å². The van der Waals surface area contributed by atoms with Gasteiger partial charge in [-0.1, -0.05) is 13.8 Å². The Morgan fingerprint density at radius 3 is 2.70 bits per heavy atom. The molecule has 1 heterocycles. The zero-order chi connectivity index (χ0) is 17.4. The molecule has 1 aliphatic rings. The molecule has 1 aromatic heterocycles. The Morgan fingerprint density at radius 2 is 2.22 bits per heavy atom. The summed E-state index contributed by atoms with van der Waals surface area (Å²) in [7, 11) is 0. The molecule has 2 unspecified atom stereocenters. The van der Waals surface area contributed by atoms with Gasteiger partial charge in [0.1, 0.15) is 5.69 Å². The molecule has 6 heteroatoms. The van der Waals surface area contributed by atoms with Crippen LogP contribution in [0.3, 0.4) is 0 Å². The van der Waals surface area contributed by atoms with Crippen LogP contribution in [0.2, 0.25) is 0 Å². The van der Waals surface area contributed by atoms with Gasteiger partial charge in [0.25, 0.3) is 5.91 Å². The Morgan fingerprint density at radius 1 is 1.57 bits per heavy atom. The van der Waals surface area contributed by atoms with Crippen molar-refractivity contribution in [3.05, 3.63) is 22.4 Å². The van der Waals surface area contributed by atoms with Gasteiger partial charge in [0.05, 0.1) is 18.2 Å². The van der Waals surface area contributed by atoms with Gasteiger partial charge in [-0.25, -0.2) is 0 Å². The predicted octanol–water partition coefficient (Wildman–Crippen LogP) is 3.13. The number of halogens is 1. The second-order valence-corrected chi connectivity index (χ2v) is 8.02. The van der Waals surface area contributed by atoms with Crippen molar-refractivity contribution in [3.8, 4) is 0 Å². The number of aliphatic hydroxyl groups is 1. The molecule has 0 radical (unpaired) electrons. The lowest BCUT2D eigenvalue weighted by atomic mass is 9.54. The number of nitrogens with one attached hydrogen (secondary N) is 1. The van der Waals surface area contributed by atoms with Crippen molar-refractivity contribution >= 4 is 21.8 Å². The minimum atomic E-state index is -0.650. The van der Waals surface area contributed by atoms with Crippen molar-refractivity contribution in [2.75, 3.05) is 13.2 Å². The van der Waals surface area contributed by atoms with E-state index in [-0.39, 0.29) is 30.1 Å². The van der Waals surface area contributed by atoms with E-state index in [9.17, 15) is 9.90 Å². The zero-order valence-electron chi connectivity index (χ0n) is 14.5. The van der Waals surface area contributed by atoms with Gasteiger partial charge in [0.2, 0.25) is 0 Å². The van der Waals surface area contributed by atoms with Gasteiger partial charge in [-0.2, -0.15) is 0 Å². The fraction of sp³-hybridized carbons (Fsp3) is 0.706. The second kappa shape index (κ2) is 6.57. The standard InChI is InChI=1S/C17H27BrN2O3/c1-6-23-14-8-17(10-21,16(14,4)5)19-15(22)13-7-12(18)9-20(13)11(2)3/h7,9,11,14,21H,6,8,10H2,1-5H3,(H,19,22). The van der Waals surface area contributed by atoms with Gasteiger partial charge in [0, 0.05) is 35.2 Å². The number of carbonyl (C=O) groups is 1. The van der Waals surface area contributed by atoms with Crippen molar-refractivity contribution in [2.45, 2.75) is 58.7 Å². The van der Waals surface area contributed by atoms with Crippen molar-refractivity contribution in [2.24, 2.45) is 5.41 Å². The average molecular weight is 387 g/mol. The van der Waals surface area contributed by atoms with Crippen LogP contribution in [-0.2, 0) is 4.74 Å². The van der Waals surface area contributed by atoms with E-state index in [4.69, 9.17) is 4.74 Å². The molecule has 2 N–H and O–H groups in total. The van der Waals surface area contributed by atoms with E-state index >= 15 is 0 Å². The lowest BCUT2D eigenvalue weighted by Gasteiger charge is -2.60. The third-order valence-corrected chi connectivity index (χ3v) is 5.60. The number of carbonyl (C=O) groups excluding carboxylic acids is 1. The van der Waals surface area contributed by atoms with Gasteiger partial charge in [0.15, 0.2) is 0 Å². The van der Waals surface area contributed by atoms with Crippen LogP contribution in [0.25, 0.3) is 0 Å². The highest BCUT2D eigenvalue weighted by atomic mass is 79.9. The van der Waals surface area contributed by atoms with Crippen molar-refractivity contribution in [1.82, 2.24) is 9.88 Å². The van der Waals surface area contributed by atoms with Crippen LogP contribution in [0.1, 0.15) is 57.6 Å². The number of ether oxygens (including phenoxy) is 1. The lowest BCUT2D eigenvalue weighted by Crippen LogP contribution is -2.74. The van der Waals surface area contributed by atoms with Crippen LogP contribution >= 0.6 is 15.9 Å². The monoisotopic (exact) mass is 386 g/mol. The summed E-state index contributed by atoms with van der Waals surface area (Å²) >= 11 is 3.43. The Hall–Kier alpha value is -0.850. The topological polar surface area (TPSA) is 63.5 Å². The van der Waals surface area contributed by atoms with E-state index < -0.39 is 5.54 Å². The summed E-state index contributed by atoms with van der Waals surface area (Å²) in [6, 6.07) is 1.99. The molecule has 0 bridgehead atoms. The highest BCUT2D eigenvalue weighted by Crippen LogP contribution is 2.51. The number of hydrogen-bond donors (Lipinski definition) is 2. The first kappa shape index (κ1) is 18.5. The van der Waals surface area contributed by atoms with E-state index in [1.165, 1.54) is 0 Å². The number of aliphatic hydroxyl groups excluding tert-OH is 1. The molecule has 1 aromatic rings. The highest BCUT2D eigenvalue weighted by molar-refractivity contribution is 9.10. The van der Waals surface area contributed by atoms with Gasteiger partial charge < -0.3 is 19.7 Å². The van der Waals surface area contributed by atoms with E-state index in [1.807, 2.05) is 51.4 Å². The summed E-state index contributed by atoms with van der Waals surface area (Å²) in [4.78, 5) is 12.8. The molecular weight excluding hydrogens is 360 g/mol. The Bertz CT molecular complexity index is 582. The molecule has 5 nitrogen and oxygen atoms in total. The maximum absolute atomic E-state index is 12.8. The van der Waals surface area contributed by atoms with Crippen LogP contribution in [-0.4, -0.2) is 40.4 Å². The number of nitrogens with zero attached hydrogens (tertiary/aromatic N) is 1. The quantitative estimate of drug-likeness (QED) is 0.789. The fourth-order valence-electron chi connectivity index (χ4n) is 3.34. The number of rotatable bonds is 6. The van der Waals surface area contributed by atoms with Crippen molar-refractivity contribution in [3.63, 3.8) is 0 Å². The molecule has 0 saturated heterocycles. The van der Waals surface area contributed by atoms with Crippen molar-refractivity contribution < 1.29 is 14.6 Å². The molecule has 2 atom stereocenters. The first-order valence-electron chi connectivity index (χ1n) is 8.11. The number of aromatic nitrogens is 1. The van der Waals surface area contributed by atoms with Crippen molar-refractivity contribution in [1.29, 1.82) is 0 Å². The third-order valence-electron chi connectivity index (χ3n) is 5.17. The largest absolute Gasteiger partial charge is 0.394 e. The minimum absolute atomic E-state index is 0.0450. The zero-order valence-corrected chi connectivity index (χ0v) is 16.1. The Balaban J connectivity index is 2.22. The first-order chi connectivity index (χ1) is 10.7. The van der Waals surface area contributed by atoms with Crippen LogP contribution in [0.4, 0.5) is 0 Å². The number of amides is 1. The molecule has 1 aliphatic carbocycles. The normalized spacial score (nSPS) is 26.2. The van der Waals surface area contributed by atoms with Crippen LogP contribution in [0, 0.1) is 5.41 Å². The molecule has 23 heavy (non-hydrogen) atoms. The van der Waals surface area contributed by atoms with E-state index in [2.05, 4.69) is 21.2 Å². The number of hydrogen-bond acceptors (Lipinski definition) is 3. The van der Waals surface area contributed by atoms with Gasteiger partial charge >= 0.3 is 0 Å². The third kappa shape index (κ3) is 3.08. The molecule has 0 aromatic carbocycles.